The van der Waals surface area contributed by atoms with Gasteiger partial charge in [-0.2, -0.15) is 0 Å². The molecule has 1 heterocycles. The minimum Gasteiger partial charge on any atom is -0.497 e. The molecule has 1 saturated carbocycles. The van der Waals surface area contributed by atoms with Crippen molar-refractivity contribution in [2.45, 2.75) is 18.8 Å². The Hall–Kier alpha value is -2.15. The van der Waals surface area contributed by atoms with Crippen molar-refractivity contribution < 1.29 is 14.3 Å². The Balaban J connectivity index is 1.51. The number of rotatable bonds is 6. The molecule has 2 aromatic rings. The van der Waals surface area contributed by atoms with Gasteiger partial charge >= 0.3 is 0 Å². The van der Waals surface area contributed by atoms with Gasteiger partial charge in [-0.25, -0.2) is 0 Å². The summed E-state index contributed by atoms with van der Waals surface area (Å²) in [4.78, 5) is 11.8. The van der Waals surface area contributed by atoms with Crippen LogP contribution in [-0.2, 0) is 4.79 Å². The van der Waals surface area contributed by atoms with Crippen LogP contribution in [0.5, 0.6) is 11.5 Å². The van der Waals surface area contributed by atoms with Crippen LogP contribution in [0, 0.1) is 0 Å². The lowest BCUT2D eigenvalue weighted by Gasteiger charge is -2.06. The number of ether oxygens (including phenoxy) is 2. The molecule has 0 bridgehead atoms. The summed E-state index contributed by atoms with van der Waals surface area (Å²) in [5.74, 6) is 1.56. The van der Waals surface area contributed by atoms with E-state index in [9.17, 15) is 4.79 Å². The van der Waals surface area contributed by atoms with Gasteiger partial charge in [-0.1, -0.05) is 17.4 Å². The number of nitrogens with one attached hydrogen (secondary N) is 1. The topological polar surface area (TPSA) is 73.3 Å². The molecule has 7 heteroatoms. The van der Waals surface area contributed by atoms with Gasteiger partial charge in [0.1, 0.15) is 16.5 Å². The molecule has 1 aliphatic rings. The van der Waals surface area contributed by atoms with Crippen LogP contribution in [0.25, 0.3) is 0 Å². The molecule has 6 nitrogen and oxygen atoms in total. The quantitative estimate of drug-likeness (QED) is 0.887. The standard InChI is InChI=1S/C14H15N3O3S/c1-19-10-3-2-4-11(7-10)20-8-12(18)15-14-17-16-13(21-14)9-5-6-9/h2-4,7,9H,5-6,8H2,1H3,(H,15,17,18). The first kappa shape index (κ1) is 13.8. The van der Waals surface area contributed by atoms with Crippen molar-refractivity contribution in [1.82, 2.24) is 10.2 Å². The summed E-state index contributed by atoms with van der Waals surface area (Å²) >= 11 is 1.43. The minimum atomic E-state index is -0.253. The van der Waals surface area contributed by atoms with E-state index >= 15 is 0 Å². The molecule has 0 unspecified atom stereocenters. The van der Waals surface area contributed by atoms with Crippen LogP contribution < -0.4 is 14.8 Å². The molecule has 0 spiro atoms. The van der Waals surface area contributed by atoms with Crippen LogP contribution in [0.1, 0.15) is 23.8 Å². The molecule has 1 aromatic carbocycles. The lowest BCUT2D eigenvalue weighted by molar-refractivity contribution is -0.118. The molecule has 1 fully saturated rings. The average Bonchev–Trinajstić information content (AvgIpc) is 3.26. The molecule has 1 amide bonds. The first-order valence-electron chi connectivity index (χ1n) is 6.64. The van der Waals surface area contributed by atoms with Crippen molar-refractivity contribution in [3.05, 3.63) is 29.3 Å². The summed E-state index contributed by atoms with van der Waals surface area (Å²) in [7, 11) is 1.58. The number of aromatic nitrogens is 2. The fraction of sp³-hybridized carbons (Fsp3) is 0.357. The number of hydrogen-bond donors (Lipinski definition) is 1. The fourth-order valence-electron chi connectivity index (χ4n) is 1.78. The third-order valence-corrected chi connectivity index (χ3v) is 4.03. The third-order valence-electron chi connectivity index (χ3n) is 3.02. The van der Waals surface area contributed by atoms with Crippen LogP contribution in [-0.4, -0.2) is 29.8 Å². The van der Waals surface area contributed by atoms with E-state index in [4.69, 9.17) is 9.47 Å². The first-order chi connectivity index (χ1) is 10.2. The van der Waals surface area contributed by atoms with Gasteiger partial charge in [0.25, 0.3) is 5.91 Å². The van der Waals surface area contributed by atoms with Crippen LogP contribution in [0.4, 0.5) is 5.13 Å². The van der Waals surface area contributed by atoms with Crippen LogP contribution >= 0.6 is 11.3 Å². The molecule has 0 radical (unpaired) electrons. The Morgan fingerprint density at radius 1 is 1.38 bits per heavy atom. The van der Waals surface area contributed by atoms with Crippen molar-refractivity contribution >= 4 is 22.4 Å². The maximum absolute atomic E-state index is 11.8. The maximum atomic E-state index is 11.8. The second-order valence-corrected chi connectivity index (χ2v) is 5.74. The fourth-order valence-corrected chi connectivity index (χ4v) is 2.70. The zero-order valence-electron chi connectivity index (χ0n) is 11.5. The van der Waals surface area contributed by atoms with Crippen LogP contribution in [0.15, 0.2) is 24.3 Å². The highest BCUT2D eigenvalue weighted by Crippen LogP contribution is 2.41. The Morgan fingerprint density at radius 2 is 2.19 bits per heavy atom. The largest absolute Gasteiger partial charge is 0.497 e. The summed E-state index contributed by atoms with van der Waals surface area (Å²) < 4.78 is 10.5. The Bertz CT molecular complexity index is 640. The molecular weight excluding hydrogens is 290 g/mol. The van der Waals surface area contributed by atoms with E-state index in [1.54, 1.807) is 25.3 Å². The van der Waals surface area contributed by atoms with Crippen molar-refractivity contribution in [3.63, 3.8) is 0 Å². The van der Waals surface area contributed by atoms with Crippen molar-refractivity contribution in [3.8, 4) is 11.5 Å². The molecule has 1 aromatic heterocycles. The van der Waals surface area contributed by atoms with Gasteiger partial charge in [0.2, 0.25) is 5.13 Å². The Morgan fingerprint density at radius 3 is 2.95 bits per heavy atom. The number of hydrogen-bond acceptors (Lipinski definition) is 6. The van der Waals surface area contributed by atoms with E-state index in [-0.39, 0.29) is 12.5 Å². The van der Waals surface area contributed by atoms with E-state index in [1.807, 2.05) is 6.07 Å². The van der Waals surface area contributed by atoms with E-state index in [0.29, 0.717) is 22.5 Å². The molecule has 0 atom stereocenters. The normalized spacial score (nSPS) is 13.8. The Labute approximate surface area is 126 Å². The number of benzene rings is 1. The lowest BCUT2D eigenvalue weighted by Crippen LogP contribution is -2.20. The molecule has 1 N–H and O–H groups in total. The van der Waals surface area contributed by atoms with Gasteiger partial charge in [0.05, 0.1) is 7.11 Å². The highest BCUT2D eigenvalue weighted by atomic mass is 32.1. The second-order valence-electron chi connectivity index (χ2n) is 4.74. The lowest BCUT2D eigenvalue weighted by atomic mass is 10.3. The summed E-state index contributed by atoms with van der Waals surface area (Å²) in [6.07, 6.45) is 2.34. The summed E-state index contributed by atoms with van der Waals surface area (Å²) in [6.45, 7) is -0.0779. The molecule has 3 rings (SSSR count). The zero-order chi connectivity index (χ0) is 14.7. The zero-order valence-corrected chi connectivity index (χ0v) is 12.4. The summed E-state index contributed by atoms with van der Waals surface area (Å²) in [5.41, 5.74) is 0. The maximum Gasteiger partial charge on any atom is 0.264 e. The molecule has 0 aliphatic heterocycles. The predicted molar refractivity (Wildman–Crippen MR) is 79.0 cm³/mol. The number of methoxy groups -OCH3 is 1. The summed E-state index contributed by atoms with van der Waals surface area (Å²) in [5, 5.41) is 12.2. The second kappa shape index (κ2) is 6.09. The Kier molecular flexibility index (Phi) is 4.01. The number of carbonyl (C=O) groups excluding carboxylic acids is 1. The average molecular weight is 305 g/mol. The first-order valence-corrected chi connectivity index (χ1v) is 7.46. The molecule has 1 aliphatic carbocycles. The van der Waals surface area contributed by atoms with Gasteiger partial charge in [-0.15, -0.1) is 10.2 Å². The third kappa shape index (κ3) is 3.69. The van der Waals surface area contributed by atoms with Crippen LogP contribution in [0.2, 0.25) is 0 Å². The molecular formula is C14H15N3O3S. The number of carbonyl (C=O) groups is 1. The van der Waals surface area contributed by atoms with Crippen LogP contribution in [0.3, 0.4) is 0 Å². The van der Waals surface area contributed by atoms with E-state index in [2.05, 4.69) is 15.5 Å². The van der Waals surface area contributed by atoms with Gasteiger partial charge in [0.15, 0.2) is 6.61 Å². The monoisotopic (exact) mass is 305 g/mol. The van der Waals surface area contributed by atoms with E-state index in [1.165, 1.54) is 24.2 Å². The molecule has 0 saturated heterocycles. The van der Waals surface area contributed by atoms with Crippen molar-refractivity contribution in [1.29, 1.82) is 0 Å². The van der Waals surface area contributed by atoms with Crippen molar-refractivity contribution in [2.24, 2.45) is 0 Å². The number of amides is 1. The van der Waals surface area contributed by atoms with Gasteiger partial charge in [-0.3, -0.25) is 10.1 Å². The van der Waals surface area contributed by atoms with Crippen molar-refractivity contribution in [2.75, 3.05) is 19.0 Å². The van der Waals surface area contributed by atoms with E-state index in [0.717, 1.165) is 5.01 Å². The number of anilines is 1. The number of nitrogens with zero attached hydrogens (tertiary/aromatic N) is 2. The highest BCUT2D eigenvalue weighted by molar-refractivity contribution is 7.15. The predicted octanol–water partition coefficient (Wildman–Crippen LogP) is 2.44. The van der Waals surface area contributed by atoms with Gasteiger partial charge in [-0.05, 0) is 25.0 Å². The summed E-state index contributed by atoms with van der Waals surface area (Å²) in [6, 6.07) is 7.11. The molecule has 21 heavy (non-hydrogen) atoms. The smallest absolute Gasteiger partial charge is 0.264 e. The SMILES string of the molecule is COc1cccc(OCC(=O)Nc2nnc(C3CC3)s2)c1. The molecule has 110 valence electrons. The van der Waals surface area contributed by atoms with Gasteiger partial charge in [0, 0.05) is 12.0 Å². The van der Waals surface area contributed by atoms with Gasteiger partial charge < -0.3 is 9.47 Å². The minimum absolute atomic E-state index is 0.0779. The highest BCUT2D eigenvalue weighted by Gasteiger charge is 2.27. The van der Waals surface area contributed by atoms with E-state index < -0.39 is 0 Å².